The van der Waals surface area contributed by atoms with E-state index in [0.29, 0.717) is 17.5 Å². The molecule has 70 heavy (non-hydrogen) atoms. The van der Waals surface area contributed by atoms with E-state index in [-0.39, 0.29) is 126 Å². The number of nitrogens with zero attached hydrogens (tertiary/aromatic N) is 4. The monoisotopic (exact) mass is 988 g/mol. The van der Waals surface area contributed by atoms with Gasteiger partial charge in [0.15, 0.2) is 29.6 Å². The van der Waals surface area contributed by atoms with Gasteiger partial charge in [-0.1, -0.05) is 24.3 Å². The quantitative estimate of drug-likeness (QED) is 0.0132. The van der Waals surface area contributed by atoms with Crippen molar-refractivity contribution in [2.45, 2.75) is 102 Å². The Bertz CT molecular complexity index is 2000. The molecule has 0 fully saturated rings. The Morgan fingerprint density at radius 2 is 0.871 bits per heavy atom. The molecule has 1 rings (SSSR count). The number of ether oxygens (including phenoxy) is 1. The Hall–Kier alpha value is -7.78. The Morgan fingerprint density at radius 3 is 1.20 bits per heavy atom. The summed E-state index contributed by atoms with van der Waals surface area (Å²) in [5, 5.41) is 18.3. The van der Waals surface area contributed by atoms with Crippen LogP contribution in [-0.2, 0) is 44.7 Å². The van der Waals surface area contributed by atoms with Gasteiger partial charge in [-0.05, 0) is 63.9 Å². The van der Waals surface area contributed by atoms with Gasteiger partial charge in [0.05, 0.1) is 6.61 Å². The molecule has 28 heteroatoms. The highest BCUT2D eigenvalue weighted by molar-refractivity contribution is 5.97. The minimum Gasteiger partial charge on any atom is -0.370 e. The topological polar surface area (TPSA) is 488 Å². The maximum Gasteiger partial charge on any atom is 0.246 e. The van der Waals surface area contributed by atoms with Crippen LogP contribution in [-0.4, -0.2) is 154 Å². The molecule has 0 saturated heterocycles. The molecule has 0 spiro atoms. The molecule has 0 heterocycles. The van der Waals surface area contributed by atoms with Crippen LogP contribution in [0.3, 0.4) is 0 Å². The van der Waals surface area contributed by atoms with E-state index < -0.39 is 72.3 Å². The molecule has 0 radical (unpaired) electrons. The number of guanidine groups is 4. The summed E-state index contributed by atoms with van der Waals surface area (Å²) in [6.07, 6.45) is 0.665. The largest absolute Gasteiger partial charge is 0.370 e. The van der Waals surface area contributed by atoms with Gasteiger partial charge in [-0.25, -0.2) is 0 Å². The highest BCUT2D eigenvalue weighted by atomic mass is 16.5. The average molecular weight is 988 g/mol. The van der Waals surface area contributed by atoms with Gasteiger partial charge in [-0.3, -0.25) is 58.3 Å². The first-order chi connectivity index (χ1) is 33.1. The van der Waals surface area contributed by atoms with E-state index in [2.05, 4.69) is 57.2 Å². The van der Waals surface area contributed by atoms with E-state index in [1.165, 1.54) is 20.9 Å². The summed E-state index contributed by atoms with van der Waals surface area (Å²) in [6, 6.07) is -0.0352. The third kappa shape index (κ3) is 27.1. The smallest absolute Gasteiger partial charge is 0.246 e. The molecule has 0 unspecified atom stereocenters. The zero-order valence-corrected chi connectivity index (χ0v) is 40.1. The predicted octanol–water partition coefficient (Wildman–Crippen LogP) is -6.03. The molecule has 390 valence electrons. The number of carbonyl (C=O) groups is 8. The second-order valence-corrected chi connectivity index (χ2v) is 15.8. The van der Waals surface area contributed by atoms with Crippen LogP contribution in [0.4, 0.5) is 0 Å². The first-order valence-corrected chi connectivity index (χ1v) is 22.5. The van der Waals surface area contributed by atoms with Crippen LogP contribution in [0.5, 0.6) is 0 Å². The molecule has 0 aliphatic heterocycles. The number of likely N-dealkylation sites (N-methyl/N-ethyl adjacent to an activating group) is 1. The zero-order chi connectivity index (χ0) is 52.6. The fourth-order valence-corrected chi connectivity index (χ4v) is 6.37. The molecular weight excluding hydrogens is 915 g/mol. The van der Waals surface area contributed by atoms with Gasteiger partial charge >= 0.3 is 0 Å². The fraction of sp³-hybridized carbons (Fsp3) is 0.571. The van der Waals surface area contributed by atoms with Crippen LogP contribution in [0.25, 0.3) is 0 Å². The summed E-state index contributed by atoms with van der Waals surface area (Å²) in [7, 11) is 1.39. The second-order valence-electron chi connectivity index (χ2n) is 15.8. The van der Waals surface area contributed by atoms with Crippen LogP contribution in [0, 0.1) is 0 Å². The summed E-state index contributed by atoms with van der Waals surface area (Å²) in [6.45, 7) is 2.71. The van der Waals surface area contributed by atoms with Gasteiger partial charge in [0.25, 0.3) is 0 Å². The van der Waals surface area contributed by atoms with Crippen LogP contribution in [0.2, 0.25) is 0 Å². The van der Waals surface area contributed by atoms with Crippen LogP contribution in [0.15, 0.2) is 44.2 Å². The molecule has 1 aromatic rings. The number of hydrogen-bond acceptors (Lipinski definition) is 13. The van der Waals surface area contributed by atoms with Crippen molar-refractivity contribution in [3.05, 3.63) is 35.4 Å². The molecule has 0 aliphatic carbocycles. The number of hydrogen-bond donors (Lipinski definition) is 15. The highest BCUT2D eigenvalue weighted by Crippen LogP contribution is 2.11. The molecule has 0 aromatic heterocycles. The van der Waals surface area contributed by atoms with E-state index in [1.807, 2.05) is 0 Å². The number of benzene rings is 1. The van der Waals surface area contributed by atoms with Gasteiger partial charge in [0.2, 0.25) is 41.4 Å². The summed E-state index contributed by atoms with van der Waals surface area (Å²) >= 11 is 0. The molecule has 5 atom stereocenters. The number of nitrogens with one attached hydrogen (secondary N) is 7. The van der Waals surface area contributed by atoms with E-state index in [0.717, 1.165) is 0 Å². The maximum absolute atomic E-state index is 14.3. The third-order valence-corrected chi connectivity index (χ3v) is 9.86. The van der Waals surface area contributed by atoms with Gasteiger partial charge < -0.3 is 87.8 Å². The van der Waals surface area contributed by atoms with Crippen LogP contribution < -0.4 is 83.1 Å². The number of amides is 7. The number of ketones is 1. The first kappa shape index (κ1) is 60.2. The minimum atomic E-state index is -1.37. The SMILES string of the molecule is CNC(=O)[C@@H](CCCN=C(N)N)NC(=O)[C@@H](CCCN=C(N)N)NC(=O)[C@@H](CCCN=C(N)N)NC(=O)[C@@H](CCCN=C(N)N)NC(=O)[C@H](Cc1ccc(C(C)=O)cc1)NC(=O)COCCNC(C)=O. The lowest BCUT2D eigenvalue weighted by molar-refractivity contribution is -0.135. The van der Waals surface area contributed by atoms with Crippen molar-refractivity contribution < 1.29 is 43.1 Å². The average Bonchev–Trinajstić information content (AvgIpc) is 3.29. The first-order valence-electron chi connectivity index (χ1n) is 22.5. The molecule has 1 aromatic carbocycles. The summed E-state index contributed by atoms with van der Waals surface area (Å²) < 4.78 is 5.36. The number of nitrogens with two attached hydrogens (primary N) is 8. The summed E-state index contributed by atoms with van der Waals surface area (Å²) in [4.78, 5) is 121. The molecule has 0 saturated carbocycles. The van der Waals surface area contributed by atoms with Gasteiger partial charge in [0.1, 0.15) is 36.8 Å². The maximum atomic E-state index is 14.3. The van der Waals surface area contributed by atoms with Gasteiger partial charge in [0, 0.05) is 58.7 Å². The molecule has 7 amide bonds. The standard InChI is InChI=1S/C42H73N19O9/c1-24(62)27-14-12-26(13-15-27)22-32(57-33(64)23-70-21-20-52-25(2)63)38(69)61-31(11-7-19-56-42(49)50)37(68)60-30(10-6-18-55-41(47)48)36(67)59-29(9-5-17-54-40(45)46)35(66)58-28(34(65)51-3)8-4-16-53-39(43)44/h12-15,28-32H,4-11,16-23H2,1-3H3,(H,51,65)(H,52,63)(H,57,64)(H,58,66)(H,59,67)(H,60,68)(H,61,69)(H4,43,44,53)(H4,45,46,54)(H4,47,48,55)(H4,49,50,56)/t28-,29-,30-,31-,32+/m1/s1. The molecule has 0 bridgehead atoms. The molecule has 0 aliphatic rings. The lowest BCUT2D eigenvalue weighted by atomic mass is 10.0. The predicted molar refractivity (Wildman–Crippen MR) is 263 cm³/mol. The van der Waals surface area contributed by atoms with Crippen molar-refractivity contribution in [1.29, 1.82) is 0 Å². The van der Waals surface area contributed by atoms with E-state index in [4.69, 9.17) is 50.6 Å². The number of Topliss-reactive ketones (excluding diaryl/α,β-unsaturated/α-hetero) is 1. The Morgan fingerprint density at radius 1 is 0.514 bits per heavy atom. The summed E-state index contributed by atoms with van der Waals surface area (Å²) in [5.74, 6) is -5.70. The fourth-order valence-electron chi connectivity index (χ4n) is 6.37. The highest BCUT2D eigenvalue weighted by Gasteiger charge is 2.32. The van der Waals surface area contributed by atoms with Gasteiger partial charge in [-0.2, -0.15) is 0 Å². The van der Waals surface area contributed by atoms with Crippen molar-refractivity contribution in [2.75, 3.05) is 53.0 Å². The minimum absolute atomic E-state index is 0.00314. The van der Waals surface area contributed by atoms with E-state index in [9.17, 15) is 38.4 Å². The van der Waals surface area contributed by atoms with Crippen molar-refractivity contribution in [3.8, 4) is 0 Å². The van der Waals surface area contributed by atoms with Crippen molar-refractivity contribution in [1.82, 2.24) is 37.2 Å². The van der Waals surface area contributed by atoms with Crippen molar-refractivity contribution in [3.63, 3.8) is 0 Å². The third-order valence-electron chi connectivity index (χ3n) is 9.86. The zero-order valence-electron chi connectivity index (χ0n) is 40.1. The molecule has 28 nitrogen and oxygen atoms in total. The Kier molecular flexibility index (Phi) is 29.0. The van der Waals surface area contributed by atoms with Gasteiger partial charge in [-0.15, -0.1) is 0 Å². The molecular formula is C42H73N19O9. The van der Waals surface area contributed by atoms with E-state index in [1.54, 1.807) is 24.3 Å². The van der Waals surface area contributed by atoms with Crippen molar-refractivity contribution >= 4 is 71.0 Å². The lowest BCUT2D eigenvalue weighted by Gasteiger charge is -2.27. The van der Waals surface area contributed by atoms with E-state index >= 15 is 0 Å². The summed E-state index contributed by atoms with van der Waals surface area (Å²) in [5.41, 5.74) is 44.8. The normalized spacial score (nSPS) is 12.7. The van der Waals surface area contributed by atoms with Crippen LogP contribution in [0.1, 0.15) is 81.1 Å². The lowest BCUT2D eigenvalue weighted by Crippen LogP contribution is -2.59. The van der Waals surface area contributed by atoms with Crippen LogP contribution >= 0.6 is 0 Å². The Labute approximate surface area is 406 Å². The number of aliphatic imine (C=N–C) groups is 4. The molecule has 23 N–H and O–H groups in total. The van der Waals surface area contributed by atoms with Crippen molar-refractivity contribution in [2.24, 2.45) is 65.8 Å². The Balaban J connectivity index is 3.60. The number of rotatable bonds is 34. The number of carbonyl (C=O) groups excluding carboxylic acids is 8. The second kappa shape index (κ2) is 33.7.